The summed E-state index contributed by atoms with van der Waals surface area (Å²) in [5, 5.41) is 0. The Morgan fingerprint density at radius 2 is 0.810 bits per heavy atom. The van der Waals surface area contributed by atoms with Crippen LogP contribution in [-0.2, 0) is 14.9 Å². The molecule has 244 valence electrons. The molecule has 0 aromatic heterocycles. The Balaban J connectivity index is 1.74. The molecule has 0 unspecified atom stereocenters. The molecule has 0 radical (unpaired) electrons. The zero-order valence-corrected chi connectivity index (χ0v) is 27.9. The summed E-state index contributed by atoms with van der Waals surface area (Å²) in [4.78, 5) is 11.7. The van der Waals surface area contributed by atoms with Crippen molar-refractivity contribution in [1.82, 2.24) is 0 Å². The highest BCUT2D eigenvalue weighted by Crippen LogP contribution is 2.18. The van der Waals surface area contributed by atoms with E-state index in [1.54, 1.807) is 0 Å². The first-order valence-electron chi connectivity index (χ1n) is 17.7. The normalized spacial score (nSPS) is 11.7. The topological polar surface area (TPSA) is 80.7 Å². The summed E-state index contributed by atoms with van der Waals surface area (Å²) < 4.78 is 36.3. The van der Waals surface area contributed by atoms with Gasteiger partial charge >= 0.3 is 5.97 Å². The lowest BCUT2D eigenvalue weighted by molar-refractivity contribution is -0.134. The van der Waals surface area contributed by atoms with Crippen LogP contribution in [-0.4, -0.2) is 18.9 Å². The second-order valence-electron chi connectivity index (χ2n) is 12.4. The van der Waals surface area contributed by atoms with E-state index in [2.05, 4.69) is 6.92 Å². The van der Waals surface area contributed by atoms with Gasteiger partial charge in [0.05, 0.1) is 4.90 Å². The molecule has 0 saturated carbocycles. The van der Waals surface area contributed by atoms with Gasteiger partial charge in [0.2, 0.25) is 0 Å². The number of unbranched alkanes of at least 4 members (excludes halogenated alkanes) is 26. The summed E-state index contributed by atoms with van der Waals surface area (Å²) in [5.74, 6) is -0.0217. The number of rotatable bonds is 30. The molecule has 1 N–H and O–H groups in total. The predicted octanol–water partition coefficient (Wildman–Crippen LogP) is 11.8. The van der Waals surface area contributed by atoms with Crippen LogP contribution in [0, 0.1) is 0 Å². The van der Waals surface area contributed by atoms with Gasteiger partial charge in [0, 0.05) is 6.42 Å². The van der Waals surface area contributed by atoms with E-state index in [4.69, 9.17) is 9.29 Å². The number of carbonyl (C=O) groups excluding carboxylic acids is 1. The van der Waals surface area contributed by atoms with Crippen LogP contribution in [0.4, 0.5) is 0 Å². The molecule has 0 aliphatic heterocycles. The molecule has 1 aromatic rings. The molecule has 42 heavy (non-hydrogen) atoms. The highest BCUT2D eigenvalue weighted by Gasteiger charge is 2.10. The van der Waals surface area contributed by atoms with Crippen molar-refractivity contribution in [3.05, 3.63) is 24.3 Å². The maximum Gasteiger partial charge on any atom is 0.311 e. The first-order valence-corrected chi connectivity index (χ1v) is 19.2. The monoisotopic (exact) mass is 608 g/mol. The highest BCUT2D eigenvalue weighted by atomic mass is 32.2. The third-order valence-corrected chi connectivity index (χ3v) is 9.21. The van der Waals surface area contributed by atoms with Crippen LogP contribution >= 0.6 is 0 Å². The van der Waals surface area contributed by atoms with Gasteiger partial charge in [0.15, 0.2) is 0 Å². The molecule has 6 heteroatoms. The summed E-state index contributed by atoms with van der Waals surface area (Å²) in [6.45, 7) is 2.29. The number of carbonyl (C=O) groups is 1. The molecule has 1 rings (SSSR count). The third-order valence-electron chi connectivity index (χ3n) is 8.34. The predicted molar refractivity (Wildman–Crippen MR) is 177 cm³/mol. The lowest BCUT2D eigenvalue weighted by Gasteiger charge is -2.05. The van der Waals surface area contributed by atoms with Crippen LogP contribution in [0.1, 0.15) is 187 Å². The smallest absolute Gasteiger partial charge is 0.311 e. The van der Waals surface area contributed by atoms with Crippen LogP contribution in [0.15, 0.2) is 29.2 Å². The summed E-state index contributed by atoms with van der Waals surface area (Å²) in [6.07, 6.45) is 37.1. The minimum absolute atomic E-state index is 0.215. The molecular formula is C36H64O5S. The van der Waals surface area contributed by atoms with Gasteiger partial charge in [-0.3, -0.25) is 9.35 Å². The fourth-order valence-corrected chi connectivity index (χ4v) is 6.10. The molecule has 0 heterocycles. The van der Waals surface area contributed by atoms with Crippen molar-refractivity contribution >= 4 is 16.1 Å². The van der Waals surface area contributed by atoms with E-state index in [9.17, 15) is 13.2 Å². The molecular weight excluding hydrogens is 544 g/mol. The zero-order chi connectivity index (χ0) is 30.6. The highest BCUT2D eigenvalue weighted by molar-refractivity contribution is 7.85. The Morgan fingerprint density at radius 1 is 0.524 bits per heavy atom. The standard InChI is InChI=1S/C36H64O5S/c1-2-3-4-5-6-7-8-9-10-11-12-13-14-15-16-17-18-19-20-21-22-23-24-25-26-27-28-29-36(37)41-34-30-32-35(33-31-34)42(38,39)40/h30-33H,2-29H2,1H3,(H,38,39,40). The van der Waals surface area contributed by atoms with Gasteiger partial charge in [-0.1, -0.05) is 174 Å². The van der Waals surface area contributed by atoms with E-state index >= 15 is 0 Å². The Morgan fingerprint density at radius 3 is 1.10 bits per heavy atom. The minimum Gasteiger partial charge on any atom is -0.427 e. The van der Waals surface area contributed by atoms with Crippen molar-refractivity contribution in [2.45, 2.75) is 192 Å². The van der Waals surface area contributed by atoms with Gasteiger partial charge in [0.25, 0.3) is 10.1 Å². The molecule has 0 spiro atoms. The van der Waals surface area contributed by atoms with Gasteiger partial charge in [-0.05, 0) is 30.7 Å². The molecule has 5 nitrogen and oxygen atoms in total. The minimum atomic E-state index is -4.23. The molecule has 0 aliphatic rings. The van der Waals surface area contributed by atoms with Crippen molar-refractivity contribution in [2.24, 2.45) is 0 Å². The van der Waals surface area contributed by atoms with Crippen molar-refractivity contribution in [3.63, 3.8) is 0 Å². The summed E-state index contributed by atoms with van der Waals surface area (Å²) >= 11 is 0. The second kappa shape index (κ2) is 27.2. The molecule has 0 amide bonds. The van der Waals surface area contributed by atoms with Crippen molar-refractivity contribution < 1.29 is 22.5 Å². The van der Waals surface area contributed by atoms with Crippen molar-refractivity contribution in [2.75, 3.05) is 0 Å². The molecule has 0 fully saturated rings. The number of ether oxygens (including phenoxy) is 1. The molecule has 0 bridgehead atoms. The summed E-state index contributed by atoms with van der Waals surface area (Å²) in [6, 6.07) is 5.20. The maximum absolute atomic E-state index is 11.9. The number of hydrogen-bond donors (Lipinski definition) is 1. The van der Waals surface area contributed by atoms with E-state index in [1.807, 2.05) is 0 Å². The molecule has 1 aromatic carbocycles. The van der Waals surface area contributed by atoms with E-state index in [0.29, 0.717) is 6.42 Å². The Kier molecular flexibility index (Phi) is 25.0. The van der Waals surface area contributed by atoms with E-state index < -0.39 is 10.1 Å². The van der Waals surface area contributed by atoms with Crippen LogP contribution in [0.3, 0.4) is 0 Å². The maximum atomic E-state index is 11.9. The van der Waals surface area contributed by atoms with Crippen molar-refractivity contribution in [1.29, 1.82) is 0 Å². The summed E-state index contributed by atoms with van der Waals surface area (Å²) in [7, 11) is -4.23. The average molecular weight is 609 g/mol. The van der Waals surface area contributed by atoms with Crippen LogP contribution in [0.5, 0.6) is 5.75 Å². The summed E-state index contributed by atoms with van der Waals surface area (Å²) in [5.41, 5.74) is 0. The number of hydrogen-bond acceptors (Lipinski definition) is 4. The van der Waals surface area contributed by atoms with Gasteiger partial charge in [-0.15, -0.1) is 0 Å². The quantitative estimate of drug-likeness (QED) is 0.0406. The SMILES string of the molecule is CCCCCCCCCCCCCCCCCCCCCCCCCCCCCC(=O)Oc1ccc(S(=O)(=O)O)cc1. The lowest BCUT2D eigenvalue weighted by atomic mass is 10.0. The molecule has 0 saturated heterocycles. The number of benzene rings is 1. The average Bonchev–Trinajstić information content (AvgIpc) is 2.96. The third kappa shape index (κ3) is 24.1. The van der Waals surface area contributed by atoms with Crippen LogP contribution in [0.25, 0.3) is 0 Å². The van der Waals surface area contributed by atoms with Gasteiger partial charge in [-0.2, -0.15) is 8.42 Å². The Labute approximate surface area is 259 Å². The van der Waals surface area contributed by atoms with E-state index in [0.717, 1.165) is 19.3 Å². The van der Waals surface area contributed by atoms with Crippen LogP contribution < -0.4 is 4.74 Å². The van der Waals surface area contributed by atoms with Gasteiger partial charge in [0.1, 0.15) is 5.75 Å². The zero-order valence-electron chi connectivity index (χ0n) is 27.1. The Bertz CT molecular complexity index is 850. The Hall–Kier alpha value is -1.40. The number of esters is 1. The largest absolute Gasteiger partial charge is 0.427 e. The second-order valence-corrected chi connectivity index (χ2v) is 13.8. The van der Waals surface area contributed by atoms with Crippen molar-refractivity contribution in [3.8, 4) is 5.75 Å². The van der Waals surface area contributed by atoms with Crippen LogP contribution in [0.2, 0.25) is 0 Å². The first-order chi connectivity index (χ1) is 20.4. The fourth-order valence-electron chi connectivity index (χ4n) is 5.62. The lowest BCUT2D eigenvalue weighted by Crippen LogP contribution is -2.07. The van der Waals surface area contributed by atoms with E-state index in [-0.39, 0.29) is 16.6 Å². The molecule has 0 aliphatic carbocycles. The fraction of sp³-hybridized carbons (Fsp3) is 0.806. The first kappa shape index (κ1) is 38.6. The molecule has 0 atom stereocenters. The van der Waals surface area contributed by atoms with Gasteiger partial charge in [-0.25, -0.2) is 0 Å². The van der Waals surface area contributed by atoms with E-state index in [1.165, 1.54) is 178 Å². The van der Waals surface area contributed by atoms with Gasteiger partial charge < -0.3 is 4.74 Å².